The number of aromatic amines is 1. The van der Waals surface area contributed by atoms with Crippen molar-refractivity contribution in [1.29, 1.82) is 0 Å². The highest BCUT2D eigenvalue weighted by Crippen LogP contribution is 2.22. The quantitative estimate of drug-likeness (QED) is 0.653. The fourth-order valence-corrected chi connectivity index (χ4v) is 2.47. The Balaban J connectivity index is 1.84. The first-order chi connectivity index (χ1) is 10.7. The predicted molar refractivity (Wildman–Crippen MR) is 93.6 cm³/mol. The minimum absolute atomic E-state index is 0.351. The normalized spacial score (nSPS) is 12.1. The smallest absolute Gasteiger partial charge is 0.181 e. The Hall–Kier alpha value is -1.93. The number of nitrogens with one attached hydrogen (secondary N) is 1. The van der Waals surface area contributed by atoms with E-state index in [1.54, 1.807) is 7.11 Å². The lowest BCUT2D eigenvalue weighted by Crippen LogP contribution is -2.13. The molecule has 3 aromatic rings. The van der Waals surface area contributed by atoms with E-state index in [0.717, 1.165) is 16.9 Å². The van der Waals surface area contributed by atoms with E-state index in [-0.39, 0.29) is 6.04 Å². The Labute approximate surface area is 142 Å². The van der Waals surface area contributed by atoms with Crippen molar-refractivity contribution in [2.45, 2.75) is 6.04 Å². The van der Waals surface area contributed by atoms with Gasteiger partial charge >= 0.3 is 0 Å². The highest BCUT2D eigenvalue weighted by Gasteiger charge is 2.14. The molecular formula is C16H15IN4O. The molecule has 1 heterocycles. The maximum absolute atomic E-state index is 6.25. The van der Waals surface area contributed by atoms with Crippen molar-refractivity contribution in [3.05, 3.63) is 63.5 Å². The molecule has 3 N–H and O–H groups in total. The molecule has 5 nitrogen and oxygen atoms in total. The summed E-state index contributed by atoms with van der Waals surface area (Å²) < 4.78 is 6.32. The number of halogens is 1. The van der Waals surface area contributed by atoms with Gasteiger partial charge in [-0.05, 0) is 52.4 Å². The first kappa shape index (κ1) is 15.0. The summed E-state index contributed by atoms with van der Waals surface area (Å²) in [5, 5.41) is 7.18. The van der Waals surface area contributed by atoms with Crippen molar-refractivity contribution >= 4 is 22.6 Å². The molecule has 6 heteroatoms. The van der Waals surface area contributed by atoms with Crippen molar-refractivity contribution in [2.24, 2.45) is 5.73 Å². The van der Waals surface area contributed by atoms with Crippen LogP contribution >= 0.6 is 22.6 Å². The maximum atomic E-state index is 6.25. The van der Waals surface area contributed by atoms with Crippen molar-refractivity contribution in [2.75, 3.05) is 7.11 Å². The standard InChI is InChI=1S/C16H15IN4O/c1-22-13-8-4-10(5-9-13)14(18)16-19-15(20-21-16)11-2-6-12(17)7-3-11/h2-9,14H,18H2,1H3,(H,19,20,21)/t14-/m0/s1. The van der Waals surface area contributed by atoms with Crippen LogP contribution in [-0.2, 0) is 0 Å². The van der Waals surface area contributed by atoms with E-state index < -0.39 is 0 Å². The van der Waals surface area contributed by atoms with Crippen LogP contribution in [0.15, 0.2) is 48.5 Å². The highest BCUT2D eigenvalue weighted by molar-refractivity contribution is 14.1. The lowest BCUT2D eigenvalue weighted by molar-refractivity contribution is 0.414. The molecule has 112 valence electrons. The van der Waals surface area contributed by atoms with Crippen LogP contribution < -0.4 is 10.5 Å². The van der Waals surface area contributed by atoms with E-state index in [4.69, 9.17) is 10.5 Å². The Morgan fingerprint density at radius 2 is 1.77 bits per heavy atom. The Morgan fingerprint density at radius 3 is 2.41 bits per heavy atom. The van der Waals surface area contributed by atoms with Gasteiger partial charge in [-0.3, -0.25) is 5.10 Å². The topological polar surface area (TPSA) is 76.8 Å². The minimum Gasteiger partial charge on any atom is -0.497 e. The summed E-state index contributed by atoms with van der Waals surface area (Å²) in [6, 6.07) is 15.3. The van der Waals surface area contributed by atoms with Crippen molar-refractivity contribution in [3.63, 3.8) is 0 Å². The number of ether oxygens (including phenoxy) is 1. The van der Waals surface area contributed by atoms with Gasteiger partial charge in [-0.25, -0.2) is 4.98 Å². The summed E-state index contributed by atoms with van der Waals surface area (Å²) in [5.41, 5.74) is 8.16. The van der Waals surface area contributed by atoms with Crippen LogP contribution in [0.5, 0.6) is 5.75 Å². The average Bonchev–Trinajstić information content (AvgIpc) is 3.05. The van der Waals surface area contributed by atoms with Gasteiger partial charge in [0.2, 0.25) is 0 Å². The second kappa shape index (κ2) is 6.45. The van der Waals surface area contributed by atoms with Crippen molar-refractivity contribution < 1.29 is 4.74 Å². The van der Waals surface area contributed by atoms with E-state index in [9.17, 15) is 0 Å². The number of H-pyrrole nitrogens is 1. The fraction of sp³-hybridized carbons (Fsp3) is 0.125. The zero-order chi connectivity index (χ0) is 15.5. The fourth-order valence-electron chi connectivity index (χ4n) is 2.11. The average molecular weight is 406 g/mol. The first-order valence-corrected chi connectivity index (χ1v) is 7.83. The molecular weight excluding hydrogens is 391 g/mol. The number of nitrogens with two attached hydrogens (primary N) is 1. The second-order valence-electron chi connectivity index (χ2n) is 4.80. The van der Waals surface area contributed by atoms with Crippen molar-refractivity contribution in [3.8, 4) is 17.1 Å². The lowest BCUT2D eigenvalue weighted by Gasteiger charge is -2.09. The van der Waals surface area contributed by atoms with E-state index in [2.05, 4.69) is 37.8 Å². The molecule has 0 aliphatic carbocycles. The second-order valence-corrected chi connectivity index (χ2v) is 6.05. The number of nitrogens with zero attached hydrogens (tertiary/aromatic N) is 2. The summed E-state index contributed by atoms with van der Waals surface area (Å²) in [6.07, 6.45) is 0. The lowest BCUT2D eigenvalue weighted by atomic mass is 10.1. The van der Waals surface area contributed by atoms with Gasteiger partial charge in [0.05, 0.1) is 13.2 Å². The number of methoxy groups -OCH3 is 1. The van der Waals surface area contributed by atoms with Gasteiger partial charge in [0.25, 0.3) is 0 Å². The Morgan fingerprint density at radius 1 is 1.09 bits per heavy atom. The molecule has 0 aliphatic heterocycles. The van der Waals surface area contributed by atoms with Crippen LogP contribution in [-0.4, -0.2) is 22.3 Å². The molecule has 0 amide bonds. The summed E-state index contributed by atoms with van der Waals surface area (Å²) in [4.78, 5) is 4.50. The van der Waals surface area contributed by atoms with Gasteiger partial charge in [-0.1, -0.05) is 24.3 Å². The molecule has 0 fully saturated rings. The third-order valence-electron chi connectivity index (χ3n) is 3.37. The summed E-state index contributed by atoms with van der Waals surface area (Å²) in [5.74, 6) is 2.09. The minimum atomic E-state index is -0.351. The molecule has 0 radical (unpaired) electrons. The van der Waals surface area contributed by atoms with Gasteiger partial charge in [-0.2, -0.15) is 5.10 Å². The number of hydrogen-bond acceptors (Lipinski definition) is 4. The number of hydrogen-bond donors (Lipinski definition) is 2. The van der Waals surface area contributed by atoms with Crippen LogP contribution in [0.25, 0.3) is 11.4 Å². The molecule has 0 aliphatic rings. The summed E-state index contributed by atoms with van der Waals surface area (Å²) in [6.45, 7) is 0. The van der Waals surface area contributed by atoms with Crippen molar-refractivity contribution in [1.82, 2.24) is 15.2 Å². The molecule has 3 rings (SSSR count). The monoisotopic (exact) mass is 406 g/mol. The van der Waals surface area contributed by atoms with E-state index >= 15 is 0 Å². The van der Waals surface area contributed by atoms with Gasteiger partial charge in [0.1, 0.15) is 11.6 Å². The van der Waals surface area contributed by atoms with E-state index in [1.807, 2.05) is 48.5 Å². The zero-order valence-corrected chi connectivity index (χ0v) is 14.1. The molecule has 0 saturated carbocycles. The van der Waals surface area contributed by atoms with Gasteiger partial charge < -0.3 is 10.5 Å². The summed E-state index contributed by atoms with van der Waals surface area (Å²) >= 11 is 2.27. The van der Waals surface area contributed by atoms with Crippen LogP contribution in [0.1, 0.15) is 17.4 Å². The zero-order valence-electron chi connectivity index (χ0n) is 12.0. The number of aromatic nitrogens is 3. The molecule has 1 atom stereocenters. The van der Waals surface area contributed by atoms with E-state index in [1.165, 1.54) is 3.57 Å². The van der Waals surface area contributed by atoms with Gasteiger partial charge in [-0.15, -0.1) is 0 Å². The molecule has 1 aromatic heterocycles. The Kier molecular flexibility index (Phi) is 4.39. The molecule has 22 heavy (non-hydrogen) atoms. The molecule has 0 spiro atoms. The third kappa shape index (κ3) is 3.12. The van der Waals surface area contributed by atoms with Gasteiger partial charge in [0, 0.05) is 9.13 Å². The maximum Gasteiger partial charge on any atom is 0.181 e. The Bertz CT molecular complexity index is 753. The van der Waals surface area contributed by atoms with Crippen LogP contribution in [0.4, 0.5) is 0 Å². The van der Waals surface area contributed by atoms with Crippen LogP contribution in [0, 0.1) is 3.57 Å². The third-order valence-corrected chi connectivity index (χ3v) is 4.09. The number of rotatable bonds is 4. The molecule has 0 saturated heterocycles. The molecule has 0 unspecified atom stereocenters. The molecule has 0 bridgehead atoms. The molecule has 2 aromatic carbocycles. The predicted octanol–water partition coefficient (Wildman–Crippen LogP) is 3.13. The number of benzene rings is 2. The van der Waals surface area contributed by atoms with E-state index in [0.29, 0.717) is 11.6 Å². The highest BCUT2D eigenvalue weighted by atomic mass is 127. The van der Waals surface area contributed by atoms with Crippen LogP contribution in [0.2, 0.25) is 0 Å². The van der Waals surface area contributed by atoms with Gasteiger partial charge in [0.15, 0.2) is 5.82 Å². The van der Waals surface area contributed by atoms with Crippen LogP contribution in [0.3, 0.4) is 0 Å². The SMILES string of the molecule is COc1ccc([C@H](N)c2nc(-c3ccc(I)cc3)n[nH]2)cc1. The largest absolute Gasteiger partial charge is 0.497 e. The first-order valence-electron chi connectivity index (χ1n) is 6.75. The summed E-state index contributed by atoms with van der Waals surface area (Å²) in [7, 11) is 1.64.